The molecule has 1 aromatic rings. The fourth-order valence-corrected chi connectivity index (χ4v) is 2.49. The van der Waals surface area contributed by atoms with Crippen LogP contribution in [0.5, 0.6) is 0 Å². The first-order chi connectivity index (χ1) is 10.7. The maximum atomic E-state index is 12.1. The second kappa shape index (κ2) is 7.04. The Balaban J connectivity index is 1.89. The molecule has 0 radical (unpaired) electrons. The Hall–Kier alpha value is -2.02. The van der Waals surface area contributed by atoms with Crippen molar-refractivity contribution in [2.45, 2.75) is 26.4 Å². The third-order valence-electron chi connectivity index (χ3n) is 3.43. The fraction of sp³-hybridized carbons (Fsp3) is 0.500. The first kappa shape index (κ1) is 17.3. The van der Waals surface area contributed by atoms with Crippen LogP contribution in [-0.4, -0.2) is 47.9 Å². The number of hydrogen-bond donors (Lipinski definition) is 2. The van der Waals surface area contributed by atoms with Crippen LogP contribution in [0.25, 0.3) is 0 Å². The molecule has 3 N–H and O–H groups in total. The number of thiocarbonyl (C=S) groups is 1. The molecule has 7 heteroatoms. The van der Waals surface area contributed by atoms with Crippen LogP contribution in [0, 0.1) is 0 Å². The lowest BCUT2D eigenvalue weighted by atomic mass is 10.2. The maximum Gasteiger partial charge on any atom is 0.410 e. The van der Waals surface area contributed by atoms with Crippen molar-refractivity contribution in [2.75, 3.05) is 36.4 Å². The van der Waals surface area contributed by atoms with Crippen molar-refractivity contribution in [3.05, 3.63) is 24.3 Å². The van der Waals surface area contributed by atoms with Gasteiger partial charge in [-0.25, -0.2) is 4.79 Å². The Morgan fingerprint density at radius 1 is 1.17 bits per heavy atom. The van der Waals surface area contributed by atoms with Crippen LogP contribution >= 0.6 is 12.2 Å². The van der Waals surface area contributed by atoms with Crippen molar-refractivity contribution in [2.24, 2.45) is 5.73 Å². The van der Waals surface area contributed by atoms with E-state index in [-0.39, 0.29) is 11.2 Å². The molecule has 23 heavy (non-hydrogen) atoms. The van der Waals surface area contributed by atoms with Crippen molar-refractivity contribution in [1.29, 1.82) is 0 Å². The molecule has 0 aliphatic carbocycles. The van der Waals surface area contributed by atoms with Gasteiger partial charge < -0.3 is 25.6 Å². The highest BCUT2D eigenvalue weighted by molar-refractivity contribution is 7.80. The minimum Gasteiger partial charge on any atom is -0.444 e. The first-order valence-electron chi connectivity index (χ1n) is 7.64. The number of piperazine rings is 1. The van der Waals surface area contributed by atoms with Gasteiger partial charge in [-0.3, -0.25) is 0 Å². The van der Waals surface area contributed by atoms with E-state index in [9.17, 15) is 4.79 Å². The van der Waals surface area contributed by atoms with E-state index in [1.165, 1.54) is 0 Å². The zero-order chi connectivity index (χ0) is 17.0. The molecule has 1 fully saturated rings. The second-order valence-corrected chi connectivity index (χ2v) is 6.93. The fourth-order valence-electron chi connectivity index (χ4n) is 2.37. The zero-order valence-corrected chi connectivity index (χ0v) is 14.7. The number of ether oxygens (including phenoxy) is 1. The Morgan fingerprint density at radius 2 is 1.74 bits per heavy atom. The molecule has 1 aliphatic heterocycles. The number of carbonyl (C=O) groups is 1. The minimum atomic E-state index is -0.458. The third-order valence-corrected chi connectivity index (χ3v) is 3.53. The summed E-state index contributed by atoms with van der Waals surface area (Å²) in [5, 5.41) is 3.15. The number of nitrogens with one attached hydrogen (secondary N) is 1. The molecule has 0 saturated carbocycles. The average molecular weight is 336 g/mol. The molecule has 1 saturated heterocycles. The summed E-state index contributed by atoms with van der Waals surface area (Å²) in [5.74, 6) is 0. The second-order valence-electron chi connectivity index (χ2n) is 6.49. The summed E-state index contributed by atoms with van der Waals surface area (Å²) in [6.45, 7) is 8.50. The summed E-state index contributed by atoms with van der Waals surface area (Å²) < 4.78 is 5.41. The van der Waals surface area contributed by atoms with Gasteiger partial charge in [-0.15, -0.1) is 0 Å². The summed E-state index contributed by atoms with van der Waals surface area (Å²) in [6.07, 6.45) is -0.242. The van der Waals surface area contributed by atoms with Crippen molar-refractivity contribution in [3.63, 3.8) is 0 Å². The molecule has 0 unspecified atom stereocenters. The lowest BCUT2D eigenvalue weighted by Crippen LogP contribution is -2.50. The van der Waals surface area contributed by atoms with Crippen LogP contribution in [0.4, 0.5) is 16.2 Å². The molecule has 1 heterocycles. The quantitative estimate of drug-likeness (QED) is 0.808. The van der Waals surface area contributed by atoms with E-state index in [2.05, 4.69) is 10.2 Å². The van der Waals surface area contributed by atoms with Crippen molar-refractivity contribution in [1.82, 2.24) is 4.90 Å². The van der Waals surface area contributed by atoms with Crippen LogP contribution in [0.2, 0.25) is 0 Å². The van der Waals surface area contributed by atoms with Gasteiger partial charge in [0.2, 0.25) is 0 Å². The van der Waals surface area contributed by atoms with Gasteiger partial charge in [-0.05, 0) is 57.3 Å². The van der Waals surface area contributed by atoms with E-state index in [0.29, 0.717) is 13.1 Å². The normalized spacial score (nSPS) is 15.3. The Bertz CT molecular complexity index is 560. The van der Waals surface area contributed by atoms with Crippen molar-refractivity contribution >= 4 is 34.8 Å². The van der Waals surface area contributed by atoms with Gasteiger partial charge in [0, 0.05) is 37.6 Å². The standard InChI is InChI=1S/C16H24N4O2S/c1-16(2,3)22-15(21)20-10-8-19(9-11-20)13-6-4-12(5-7-13)18-14(17)23/h4-7H,8-11H2,1-3H3,(H3,17,18,23). The first-order valence-corrected chi connectivity index (χ1v) is 8.05. The summed E-state index contributed by atoms with van der Waals surface area (Å²) in [4.78, 5) is 16.1. The highest BCUT2D eigenvalue weighted by Gasteiger charge is 2.25. The van der Waals surface area contributed by atoms with Crippen LogP contribution in [0.3, 0.4) is 0 Å². The molecule has 6 nitrogen and oxygen atoms in total. The van der Waals surface area contributed by atoms with Crippen molar-refractivity contribution < 1.29 is 9.53 Å². The Morgan fingerprint density at radius 3 is 2.22 bits per heavy atom. The number of rotatable bonds is 2. The average Bonchev–Trinajstić information content (AvgIpc) is 2.46. The molecule has 2 rings (SSSR count). The van der Waals surface area contributed by atoms with Crippen LogP contribution < -0.4 is 16.0 Å². The van der Waals surface area contributed by atoms with E-state index in [4.69, 9.17) is 22.7 Å². The van der Waals surface area contributed by atoms with Crippen molar-refractivity contribution in [3.8, 4) is 0 Å². The van der Waals surface area contributed by atoms with E-state index in [1.807, 2.05) is 45.0 Å². The lowest BCUT2D eigenvalue weighted by Gasteiger charge is -2.36. The number of nitrogens with two attached hydrogens (primary N) is 1. The summed E-state index contributed by atoms with van der Waals surface area (Å²) in [5.41, 5.74) is 6.98. The molecular formula is C16H24N4O2S. The molecule has 1 aromatic carbocycles. The summed E-state index contributed by atoms with van der Waals surface area (Å²) in [7, 11) is 0. The van der Waals surface area contributed by atoms with E-state index in [1.54, 1.807) is 4.90 Å². The molecular weight excluding hydrogens is 312 g/mol. The number of nitrogens with zero attached hydrogens (tertiary/aromatic N) is 2. The maximum absolute atomic E-state index is 12.1. The number of carbonyl (C=O) groups excluding carboxylic acids is 1. The largest absolute Gasteiger partial charge is 0.444 e. The van der Waals surface area contributed by atoms with Gasteiger partial charge in [0.25, 0.3) is 0 Å². The van der Waals surface area contributed by atoms with E-state index in [0.717, 1.165) is 24.5 Å². The van der Waals surface area contributed by atoms with Gasteiger partial charge in [0.1, 0.15) is 5.60 Å². The summed E-state index contributed by atoms with van der Waals surface area (Å²) >= 11 is 4.82. The number of amides is 1. The highest BCUT2D eigenvalue weighted by atomic mass is 32.1. The predicted molar refractivity (Wildman–Crippen MR) is 96.9 cm³/mol. The molecule has 0 atom stereocenters. The Kier molecular flexibility index (Phi) is 5.30. The zero-order valence-electron chi connectivity index (χ0n) is 13.8. The monoisotopic (exact) mass is 336 g/mol. The van der Waals surface area contributed by atoms with Gasteiger partial charge in [0.15, 0.2) is 5.11 Å². The Labute approximate surface area is 142 Å². The highest BCUT2D eigenvalue weighted by Crippen LogP contribution is 2.20. The van der Waals surface area contributed by atoms with E-state index < -0.39 is 5.60 Å². The van der Waals surface area contributed by atoms with Crippen LogP contribution in [-0.2, 0) is 4.74 Å². The molecule has 0 aromatic heterocycles. The van der Waals surface area contributed by atoms with Gasteiger partial charge in [-0.1, -0.05) is 0 Å². The molecule has 1 amide bonds. The lowest BCUT2D eigenvalue weighted by molar-refractivity contribution is 0.0240. The number of anilines is 2. The van der Waals surface area contributed by atoms with Gasteiger partial charge in [-0.2, -0.15) is 0 Å². The molecule has 126 valence electrons. The topological polar surface area (TPSA) is 70.8 Å². The van der Waals surface area contributed by atoms with Crippen LogP contribution in [0.15, 0.2) is 24.3 Å². The third kappa shape index (κ3) is 5.28. The number of hydrogen-bond acceptors (Lipinski definition) is 4. The summed E-state index contributed by atoms with van der Waals surface area (Å²) in [6, 6.07) is 7.91. The van der Waals surface area contributed by atoms with Gasteiger partial charge in [0.05, 0.1) is 0 Å². The smallest absolute Gasteiger partial charge is 0.410 e. The van der Waals surface area contributed by atoms with Gasteiger partial charge >= 0.3 is 6.09 Å². The van der Waals surface area contributed by atoms with Crippen LogP contribution in [0.1, 0.15) is 20.8 Å². The minimum absolute atomic E-state index is 0.242. The predicted octanol–water partition coefficient (Wildman–Crippen LogP) is 2.40. The SMILES string of the molecule is CC(C)(C)OC(=O)N1CCN(c2ccc(NC(N)=S)cc2)CC1. The molecule has 1 aliphatic rings. The number of benzene rings is 1. The molecule has 0 spiro atoms. The molecule has 0 bridgehead atoms. The van der Waals surface area contributed by atoms with E-state index >= 15 is 0 Å².